The normalized spacial score (nSPS) is 13.5. The maximum Gasteiger partial charge on any atom is 0.252 e. The first-order valence-corrected chi connectivity index (χ1v) is 39.7. The highest BCUT2D eigenvalue weighted by atomic mass is 15.2. The van der Waals surface area contributed by atoms with E-state index in [-0.39, 0.29) is 28.4 Å². The number of aromatic nitrogens is 2. The molecular formula is C106H85BN4. The SMILES string of the molecule is CC(C)(C)c1ccc2c(c1)c1cc(C(C)(C)C)ccc1n2-c1ccc2c(c1)N(c1ccc3c4ccccc4c4ccccc4c3c1)c1cc(-n3c4ccc(C(C)(C)C)cc4c4cc(C(C)(C)C)ccc43)cc3c1B2c1cc2c4ccccc4c4ccccc4c2cc1N3c1ccc2c3ccccc3c3ccccc3c2c1. The Bertz CT molecular complexity index is 7310. The number of hydrogen-bond donors (Lipinski definition) is 0. The first-order chi connectivity index (χ1) is 53.6. The summed E-state index contributed by atoms with van der Waals surface area (Å²) in [6, 6.07) is 116. The van der Waals surface area contributed by atoms with E-state index >= 15 is 0 Å². The summed E-state index contributed by atoms with van der Waals surface area (Å²) in [4.78, 5) is 5.39. The van der Waals surface area contributed by atoms with Crippen LogP contribution in [0.1, 0.15) is 105 Å². The molecule has 0 bridgehead atoms. The molecule has 2 aromatic heterocycles. The van der Waals surface area contributed by atoms with Crippen molar-refractivity contribution in [3.8, 4) is 11.4 Å². The minimum absolute atomic E-state index is 0.0583. The highest BCUT2D eigenvalue weighted by molar-refractivity contribution is 7.00. The number of anilines is 6. The summed E-state index contributed by atoms with van der Waals surface area (Å²) in [5, 5.41) is 27.5. The Balaban J connectivity index is 0.924. The predicted octanol–water partition coefficient (Wildman–Crippen LogP) is 27.5. The third-order valence-corrected chi connectivity index (χ3v) is 25.4. The molecule has 2 aliphatic rings. The summed E-state index contributed by atoms with van der Waals surface area (Å²) >= 11 is 0. The van der Waals surface area contributed by atoms with Crippen LogP contribution >= 0.6 is 0 Å². The van der Waals surface area contributed by atoms with Crippen LogP contribution in [0.25, 0.3) is 152 Å². The van der Waals surface area contributed by atoms with E-state index in [2.05, 4.69) is 399 Å². The monoisotopic (exact) mass is 1420 g/mol. The van der Waals surface area contributed by atoms with E-state index in [1.807, 2.05) is 0 Å². The number of nitrogens with zero attached hydrogens (tertiary/aromatic N) is 4. The molecule has 20 aromatic rings. The van der Waals surface area contributed by atoms with Gasteiger partial charge in [-0.2, -0.15) is 0 Å². The average Bonchev–Trinajstić information content (AvgIpc) is 1.56. The van der Waals surface area contributed by atoms with Gasteiger partial charge in [-0.3, -0.25) is 0 Å². The van der Waals surface area contributed by atoms with Crippen molar-refractivity contribution in [1.29, 1.82) is 0 Å². The van der Waals surface area contributed by atoms with Crippen LogP contribution in [0.5, 0.6) is 0 Å². The Hall–Kier alpha value is -12.4. The molecule has 22 rings (SSSR count). The molecule has 0 radical (unpaired) electrons. The molecule has 18 aromatic carbocycles. The molecule has 4 nitrogen and oxygen atoms in total. The van der Waals surface area contributed by atoms with E-state index in [0.29, 0.717) is 0 Å². The average molecular weight is 1430 g/mol. The van der Waals surface area contributed by atoms with Crippen LogP contribution in [0.2, 0.25) is 0 Å². The van der Waals surface area contributed by atoms with Gasteiger partial charge in [0, 0.05) is 61.4 Å². The van der Waals surface area contributed by atoms with Crippen LogP contribution in [-0.4, -0.2) is 15.8 Å². The van der Waals surface area contributed by atoms with Gasteiger partial charge in [0.25, 0.3) is 6.71 Å². The minimum atomic E-state index is -0.246. The van der Waals surface area contributed by atoms with Gasteiger partial charge in [-0.15, -0.1) is 0 Å². The van der Waals surface area contributed by atoms with E-state index in [1.165, 1.54) is 185 Å². The summed E-state index contributed by atoms with van der Waals surface area (Å²) < 4.78 is 5.19. The lowest BCUT2D eigenvalue weighted by Gasteiger charge is -2.45. The lowest BCUT2D eigenvalue weighted by molar-refractivity contribution is 0.590. The third kappa shape index (κ3) is 9.61. The highest BCUT2D eigenvalue weighted by Crippen LogP contribution is 2.52. The first-order valence-electron chi connectivity index (χ1n) is 39.7. The fourth-order valence-electron chi connectivity index (χ4n) is 19.7. The Morgan fingerprint density at radius 3 is 0.775 bits per heavy atom. The molecule has 0 spiro atoms. The number of fused-ring (bicyclic) bond motifs is 28. The van der Waals surface area contributed by atoms with Gasteiger partial charge in [0.05, 0.1) is 27.8 Å². The molecule has 111 heavy (non-hydrogen) atoms. The van der Waals surface area contributed by atoms with Gasteiger partial charge in [0.2, 0.25) is 0 Å². The van der Waals surface area contributed by atoms with Crippen LogP contribution in [0.15, 0.2) is 297 Å². The second-order valence-electron chi connectivity index (χ2n) is 36.0. The second-order valence-corrected chi connectivity index (χ2v) is 36.0. The van der Waals surface area contributed by atoms with E-state index in [4.69, 9.17) is 0 Å². The maximum atomic E-state index is 2.70. The van der Waals surface area contributed by atoms with Gasteiger partial charge in [-0.05, 0) is 260 Å². The van der Waals surface area contributed by atoms with Crippen molar-refractivity contribution in [2.24, 2.45) is 0 Å². The van der Waals surface area contributed by atoms with Crippen molar-refractivity contribution in [3.63, 3.8) is 0 Å². The van der Waals surface area contributed by atoms with Gasteiger partial charge in [-0.1, -0.05) is 277 Å². The maximum absolute atomic E-state index is 2.70. The number of rotatable bonds is 4. The second kappa shape index (κ2) is 23.1. The molecule has 0 atom stereocenters. The summed E-state index contributed by atoms with van der Waals surface area (Å²) in [6.07, 6.45) is 0. The van der Waals surface area contributed by atoms with Gasteiger partial charge < -0.3 is 18.9 Å². The molecule has 2 aliphatic heterocycles. The third-order valence-electron chi connectivity index (χ3n) is 25.4. The molecule has 0 unspecified atom stereocenters. The van der Waals surface area contributed by atoms with Crippen LogP contribution in [0.3, 0.4) is 0 Å². The van der Waals surface area contributed by atoms with E-state index in [1.54, 1.807) is 0 Å². The topological polar surface area (TPSA) is 16.3 Å². The van der Waals surface area contributed by atoms with Crippen molar-refractivity contribution >= 4 is 198 Å². The molecule has 532 valence electrons. The largest absolute Gasteiger partial charge is 0.311 e. The van der Waals surface area contributed by atoms with Gasteiger partial charge in [-0.25, -0.2) is 0 Å². The fourth-order valence-corrected chi connectivity index (χ4v) is 19.7. The van der Waals surface area contributed by atoms with Crippen molar-refractivity contribution in [2.45, 2.75) is 105 Å². The molecule has 4 heterocycles. The summed E-state index contributed by atoms with van der Waals surface area (Å²) in [7, 11) is 0. The molecule has 0 fully saturated rings. The van der Waals surface area contributed by atoms with Crippen molar-refractivity contribution in [3.05, 3.63) is 320 Å². The zero-order valence-corrected chi connectivity index (χ0v) is 65.2. The van der Waals surface area contributed by atoms with Crippen molar-refractivity contribution < 1.29 is 0 Å². The van der Waals surface area contributed by atoms with Crippen LogP contribution < -0.4 is 26.2 Å². The lowest BCUT2D eigenvalue weighted by atomic mass is 9.33. The quantitative estimate of drug-likeness (QED) is 0.129. The molecular weight excluding hydrogens is 1340 g/mol. The van der Waals surface area contributed by atoms with Crippen molar-refractivity contribution in [2.75, 3.05) is 9.80 Å². The minimum Gasteiger partial charge on any atom is -0.311 e. The standard InChI is InChI=1S/C106H85BN4/c1-103(2,3)62-37-47-94-88(51-62)89-52-63(104(4,5)6)38-48-95(89)108(94)68-43-46-92-98(57-68)109(66-41-44-82-76-31-15-13-25-70(76)72-27-17-21-33-78(72)84(82)55-66)100-58-69(111-96-49-39-64(105(7,8)9)53-90(96)91-54-65(106(10,11)12)40-50-97(91)111)59-101-102(100)107(92)93-60-86-80-35-23-19-29-74(80)75-30-20-24-36-81(75)87(86)61-99(93)110(101)67-42-45-83-77-32-16-14-26-71(77)73-28-18-22-34-79(73)85(83)56-67/h13-61H,1-12H3. The zero-order chi connectivity index (χ0) is 75.2. The molecule has 0 saturated carbocycles. The summed E-state index contributed by atoms with van der Waals surface area (Å²) in [6.45, 7) is 27.9. The lowest BCUT2D eigenvalue weighted by Crippen LogP contribution is -2.61. The van der Waals surface area contributed by atoms with Crippen LogP contribution in [-0.2, 0) is 21.7 Å². The van der Waals surface area contributed by atoms with Crippen LogP contribution in [0, 0.1) is 0 Å². The Morgan fingerprint density at radius 1 is 0.189 bits per heavy atom. The molecule has 0 saturated heterocycles. The summed E-state index contributed by atoms with van der Waals surface area (Å²) in [5.41, 5.74) is 22.5. The predicted molar refractivity (Wildman–Crippen MR) is 481 cm³/mol. The smallest absolute Gasteiger partial charge is 0.252 e. The number of benzene rings is 18. The fraction of sp³-hybridized carbons (Fsp3) is 0.151. The Labute approximate surface area is 648 Å². The molecule has 0 N–H and O–H groups in total. The number of hydrogen-bond acceptors (Lipinski definition) is 2. The van der Waals surface area contributed by atoms with Gasteiger partial charge in [0.1, 0.15) is 0 Å². The van der Waals surface area contributed by atoms with Gasteiger partial charge in [0.15, 0.2) is 0 Å². The van der Waals surface area contributed by atoms with Crippen molar-refractivity contribution in [1.82, 2.24) is 9.13 Å². The summed E-state index contributed by atoms with van der Waals surface area (Å²) in [5.74, 6) is 0. The highest BCUT2D eigenvalue weighted by Gasteiger charge is 2.45. The first kappa shape index (κ1) is 65.6. The zero-order valence-electron chi connectivity index (χ0n) is 65.2. The van der Waals surface area contributed by atoms with Crippen LogP contribution in [0.4, 0.5) is 34.1 Å². The Morgan fingerprint density at radius 2 is 0.450 bits per heavy atom. The molecule has 0 aliphatic carbocycles. The van der Waals surface area contributed by atoms with E-state index in [0.717, 1.165) is 39.8 Å². The Kier molecular flexibility index (Phi) is 13.6. The molecule has 0 amide bonds. The van der Waals surface area contributed by atoms with E-state index < -0.39 is 0 Å². The molecule has 5 heteroatoms. The van der Waals surface area contributed by atoms with E-state index in [9.17, 15) is 0 Å². The van der Waals surface area contributed by atoms with Gasteiger partial charge >= 0.3 is 0 Å².